The molecule has 0 amide bonds. The number of nitrogens with zero attached hydrogens (tertiary/aromatic N) is 1. The molecule has 0 saturated carbocycles. The molecule has 5 N–H and O–H groups in total. The molecule has 0 aliphatic carbocycles. The molecule has 0 saturated heterocycles. The lowest BCUT2D eigenvalue weighted by atomic mass is 9.99. The van der Waals surface area contributed by atoms with E-state index in [0.717, 1.165) is 17.5 Å². The van der Waals surface area contributed by atoms with E-state index in [1.807, 2.05) is 24.3 Å². The fourth-order valence-electron chi connectivity index (χ4n) is 2.26. The van der Waals surface area contributed by atoms with Crippen LogP contribution in [0.15, 0.2) is 36.7 Å². The third kappa shape index (κ3) is 3.97. The van der Waals surface area contributed by atoms with Gasteiger partial charge in [-0.2, -0.15) is 0 Å². The van der Waals surface area contributed by atoms with Gasteiger partial charge >= 0.3 is 0 Å². The Balaban J connectivity index is 2.28. The maximum Gasteiger partial charge on any atom is 0.143 e. The summed E-state index contributed by atoms with van der Waals surface area (Å²) >= 11 is 0. The van der Waals surface area contributed by atoms with Crippen LogP contribution in [-0.2, 0) is 13.0 Å². The number of hydrogen-bond donors (Lipinski definition) is 3. The van der Waals surface area contributed by atoms with E-state index in [4.69, 9.17) is 21.6 Å². The summed E-state index contributed by atoms with van der Waals surface area (Å²) in [5.74, 6) is 1.02. The summed E-state index contributed by atoms with van der Waals surface area (Å²) in [6.45, 7) is 4.68. The Bertz CT molecular complexity index is 653. The minimum Gasteiger partial charge on any atom is -0.487 e. The molecule has 0 aliphatic heterocycles. The lowest BCUT2D eigenvalue weighted by Crippen LogP contribution is -2.15. The van der Waals surface area contributed by atoms with Crippen LogP contribution >= 0.6 is 0 Å². The van der Waals surface area contributed by atoms with Crippen LogP contribution in [-0.4, -0.2) is 10.8 Å². The van der Waals surface area contributed by atoms with Crippen molar-refractivity contribution in [3.05, 3.63) is 53.3 Å². The molecule has 0 radical (unpaired) electrons. The molecule has 5 nitrogen and oxygen atoms in total. The summed E-state index contributed by atoms with van der Waals surface area (Å²) in [5.41, 5.74) is 14.7. The Morgan fingerprint density at radius 2 is 1.91 bits per heavy atom. The Morgan fingerprint density at radius 3 is 2.50 bits per heavy atom. The van der Waals surface area contributed by atoms with Crippen molar-refractivity contribution in [2.45, 2.75) is 26.9 Å². The largest absolute Gasteiger partial charge is 0.487 e. The molecule has 0 bridgehead atoms. The number of nitrogens with one attached hydrogen (secondary N) is 1. The van der Waals surface area contributed by atoms with E-state index in [9.17, 15) is 0 Å². The van der Waals surface area contributed by atoms with Crippen LogP contribution in [0.25, 0.3) is 0 Å². The molecule has 2 aromatic rings. The Kier molecular flexibility index (Phi) is 4.99. The van der Waals surface area contributed by atoms with E-state index in [2.05, 4.69) is 18.8 Å². The predicted molar refractivity (Wildman–Crippen MR) is 89.0 cm³/mol. The Hall–Kier alpha value is -2.56. The Labute approximate surface area is 130 Å². The molecule has 1 aromatic carbocycles. The first-order valence-corrected chi connectivity index (χ1v) is 7.26. The summed E-state index contributed by atoms with van der Waals surface area (Å²) in [6, 6.07) is 7.58. The Morgan fingerprint density at radius 1 is 1.23 bits per heavy atom. The molecular formula is C17H22N4O. The van der Waals surface area contributed by atoms with Crippen LogP contribution in [0.1, 0.15) is 30.5 Å². The van der Waals surface area contributed by atoms with Crippen LogP contribution < -0.4 is 16.2 Å². The lowest BCUT2D eigenvalue weighted by molar-refractivity contribution is 0.307. The SMILES string of the molecule is CC(C)Cc1cc(OCc2ccncc2)c(N)c(C(=N)N)c1. The van der Waals surface area contributed by atoms with Gasteiger partial charge in [-0.05, 0) is 47.7 Å². The van der Waals surface area contributed by atoms with Crippen LogP contribution in [0.5, 0.6) is 5.75 Å². The van der Waals surface area contributed by atoms with Gasteiger partial charge in [-0.1, -0.05) is 13.8 Å². The summed E-state index contributed by atoms with van der Waals surface area (Å²) in [4.78, 5) is 3.98. The number of nitrogens with two attached hydrogens (primary N) is 2. The van der Waals surface area contributed by atoms with E-state index < -0.39 is 0 Å². The van der Waals surface area contributed by atoms with Crippen LogP contribution in [0, 0.1) is 11.3 Å². The molecule has 0 fully saturated rings. The highest BCUT2D eigenvalue weighted by Crippen LogP contribution is 2.29. The van der Waals surface area contributed by atoms with Gasteiger partial charge in [-0.25, -0.2) is 0 Å². The van der Waals surface area contributed by atoms with E-state index >= 15 is 0 Å². The van der Waals surface area contributed by atoms with Gasteiger partial charge in [-0.15, -0.1) is 0 Å². The quantitative estimate of drug-likeness (QED) is 0.434. The topological polar surface area (TPSA) is 98.0 Å². The average Bonchev–Trinajstić information content (AvgIpc) is 2.47. The third-order valence-electron chi connectivity index (χ3n) is 3.28. The van der Waals surface area contributed by atoms with Crippen molar-refractivity contribution in [2.75, 3.05) is 5.73 Å². The molecule has 0 atom stereocenters. The van der Waals surface area contributed by atoms with Crippen molar-refractivity contribution in [3.63, 3.8) is 0 Å². The van der Waals surface area contributed by atoms with E-state index in [-0.39, 0.29) is 5.84 Å². The smallest absolute Gasteiger partial charge is 0.143 e. The maximum absolute atomic E-state index is 7.68. The number of ether oxygens (including phenoxy) is 1. The minimum absolute atomic E-state index is 0.0446. The van der Waals surface area contributed by atoms with E-state index in [1.165, 1.54) is 0 Å². The first-order valence-electron chi connectivity index (χ1n) is 7.26. The third-order valence-corrected chi connectivity index (χ3v) is 3.28. The zero-order valence-corrected chi connectivity index (χ0v) is 13.0. The number of nitrogen functional groups attached to an aromatic ring is 2. The number of benzene rings is 1. The second kappa shape index (κ2) is 6.93. The zero-order chi connectivity index (χ0) is 16.1. The van der Waals surface area contributed by atoms with Gasteiger partial charge in [0.15, 0.2) is 0 Å². The molecule has 1 aromatic heterocycles. The number of anilines is 1. The summed E-state index contributed by atoms with van der Waals surface area (Å²) < 4.78 is 5.83. The zero-order valence-electron chi connectivity index (χ0n) is 13.0. The van der Waals surface area contributed by atoms with Crippen LogP contribution in [0.3, 0.4) is 0 Å². The van der Waals surface area contributed by atoms with Crippen molar-refractivity contribution < 1.29 is 4.74 Å². The van der Waals surface area contributed by atoms with Crippen LogP contribution in [0.2, 0.25) is 0 Å². The van der Waals surface area contributed by atoms with Gasteiger partial charge in [0.05, 0.1) is 5.69 Å². The van der Waals surface area contributed by atoms with Crippen molar-refractivity contribution in [1.82, 2.24) is 4.98 Å². The van der Waals surface area contributed by atoms with E-state index in [1.54, 1.807) is 12.4 Å². The fraction of sp³-hybridized carbons (Fsp3) is 0.294. The lowest BCUT2D eigenvalue weighted by Gasteiger charge is -2.15. The molecule has 0 aliphatic rings. The molecule has 0 unspecified atom stereocenters. The fourth-order valence-corrected chi connectivity index (χ4v) is 2.26. The van der Waals surface area contributed by atoms with Gasteiger partial charge in [-0.3, -0.25) is 10.4 Å². The molecule has 0 spiro atoms. The normalized spacial score (nSPS) is 10.7. The molecule has 1 heterocycles. The first-order chi connectivity index (χ1) is 10.5. The van der Waals surface area contributed by atoms with Gasteiger partial charge in [0.25, 0.3) is 0 Å². The first kappa shape index (κ1) is 15.8. The average molecular weight is 298 g/mol. The highest BCUT2D eigenvalue weighted by molar-refractivity contribution is 6.01. The van der Waals surface area contributed by atoms with E-state index in [0.29, 0.717) is 29.5 Å². The van der Waals surface area contributed by atoms with Gasteiger partial charge in [0, 0.05) is 18.0 Å². The second-order valence-electron chi connectivity index (χ2n) is 5.71. The number of pyridine rings is 1. The van der Waals surface area contributed by atoms with Crippen LogP contribution in [0.4, 0.5) is 5.69 Å². The summed E-state index contributed by atoms with van der Waals surface area (Å²) in [7, 11) is 0. The number of aromatic nitrogens is 1. The number of hydrogen-bond acceptors (Lipinski definition) is 4. The molecule has 116 valence electrons. The number of amidine groups is 1. The number of rotatable bonds is 6. The minimum atomic E-state index is -0.0446. The molecule has 2 rings (SSSR count). The summed E-state index contributed by atoms with van der Waals surface area (Å²) in [5, 5.41) is 7.68. The molecule has 22 heavy (non-hydrogen) atoms. The highest BCUT2D eigenvalue weighted by atomic mass is 16.5. The van der Waals surface area contributed by atoms with Crippen molar-refractivity contribution >= 4 is 11.5 Å². The predicted octanol–water partition coefficient (Wildman–Crippen LogP) is 2.73. The second-order valence-corrected chi connectivity index (χ2v) is 5.71. The molecular weight excluding hydrogens is 276 g/mol. The monoisotopic (exact) mass is 298 g/mol. The van der Waals surface area contributed by atoms with Gasteiger partial charge < -0.3 is 16.2 Å². The van der Waals surface area contributed by atoms with Gasteiger partial charge in [0.2, 0.25) is 0 Å². The maximum atomic E-state index is 7.68. The van der Waals surface area contributed by atoms with Gasteiger partial charge in [0.1, 0.15) is 18.2 Å². The van der Waals surface area contributed by atoms with Crippen molar-refractivity contribution in [3.8, 4) is 5.75 Å². The highest BCUT2D eigenvalue weighted by Gasteiger charge is 2.12. The van der Waals surface area contributed by atoms with Crippen molar-refractivity contribution in [2.24, 2.45) is 11.7 Å². The summed E-state index contributed by atoms with van der Waals surface area (Å²) in [6.07, 6.45) is 4.32. The standard InChI is InChI=1S/C17H22N4O/c1-11(2)7-13-8-14(17(19)20)16(18)15(9-13)22-10-12-3-5-21-6-4-12/h3-6,8-9,11H,7,10,18H2,1-2H3,(H3,19,20). The molecule has 5 heteroatoms. The van der Waals surface area contributed by atoms with Crippen molar-refractivity contribution in [1.29, 1.82) is 5.41 Å².